The minimum absolute atomic E-state index is 0.00366. The largest absolute Gasteiger partial charge is 0.416 e. The van der Waals surface area contributed by atoms with Gasteiger partial charge in [0, 0.05) is 21.5 Å². The number of alkyl halides is 6. The van der Waals surface area contributed by atoms with Crippen LogP contribution < -0.4 is 0 Å². The summed E-state index contributed by atoms with van der Waals surface area (Å²) in [5.74, 6) is 0. The molecule has 0 radical (unpaired) electrons. The van der Waals surface area contributed by atoms with E-state index in [0.29, 0.717) is 45.3 Å². The summed E-state index contributed by atoms with van der Waals surface area (Å²) in [6, 6.07) is 51.6. The zero-order valence-corrected chi connectivity index (χ0v) is 33.1. The molecule has 0 saturated heterocycles. The fourth-order valence-corrected chi connectivity index (χ4v) is 8.66. The third-order valence-electron chi connectivity index (χ3n) is 11.7. The Kier molecular flexibility index (Phi) is 9.14. The van der Waals surface area contributed by atoms with Crippen LogP contribution in [0.2, 0.25) is 0 Å². The topological polar surface area (TPSA) is 81.2 Å². The van der Waals surface area contributed by atoms with E-state index >= 15 is 0 Å². The van der Waals surface area contributed by atoms with Gasteiger partial charge in [-0.2, -0.15) is 42.1 Å². The fourth-order valence-electron chi connectivity index (χ4n) is 8.66. The van der Waals surface area contributed by atoms with Crippen LogP contribution in [-0.2, 0) is 12.4 Å². The van der Waals surface area contributed by atoms with Crippen molar-refractivity contribution < 1.29 is 26.3 Å². The van der Waals surface area contributed by atoms with Gasteiger partial charge in [0.1, 0.15) is 11.6 Å². The molecule has 10 rings (SSSR count). The number of fused-ring (bicyclic) bond motifs is 6. The number of nitriles is 3. The summed E-state index contributed by atoms with van der Waals surface area (Å²) in [5.41, 5.74) is 3.81. The predicted octanol–water partition coefficient (Wildman–Crippen LogP) is 14.5. The quantitative estimate of drug-likeness (QED) is 0.162. The Morgan fingerprint density at radius 2 is 0.719 bits per heavy atom. The average molecular weight is 848 g/mol. The third kappa shape index (κ3) is 6.57. The summed E-state index contributed by atoms with van der Waals surface area (Å²) < 4.78 is 90.4. The van der Waals surface area contributed by atoms with Gasteiger partial charge >= 0.3 is 12.4 Å². The Labute approximate surface area is 360 Å². The molecule has 2 heterocycles. The van der Waals surface area contributed by atoms with Crippen LogP contribution in [0.5, 0.6) is 0 Å². The van der Waals surface area contributed by atoms with Crippen LogP contribution in [0.25, 0.3) is 88.4 Å². The summed E-state index contributed by atoms with van der Waals surface area (Å²) >= 11 is 0. The van der Waals surface area contributed by atoms with Crippen molar-refractivity contribution in [3.05, 3.63) is 192 Å². The van der Waals surface area contributed by atoms with Gasteiger partial charge in [-0.15, -0.1) is 0 Å². The molecule has 0 aliphatic rings. The molecule has 0 aliphatic carbocycles. The van der Waals surface area contributed by atoms with Crippen molar-refractivity contribution in [1.29, 1.82) is 15.8 Å². The molecule has 0 unspecified atom stereocenters. The van der Waals surface area contributed by atoms with Crippen LogP contribution in [0.3, 0.4) is 0 Å². The van der Waals surface area contributed by atoms with Crippen molar-refractivity contribution in [1.82, 2.24) is 9.13 Å². The molecule has 2 aromatic heterocycles. The molecule has 5 nitrogen and oxygen atoms in total. The third-order valence-corrected chi connectivity index (χ3v) is 11.7. The van der Waals surface area contributed by atoms with Gasteiger partial charge in [0.15, 0.2) is 0 Å². The second-order valence-corrected chi connectivity index (χ2v) is 15.3. The number of rotatable bonds is 5. The summed E-state index contributed by atoms with van der Waals surface area (Å²) in [6.07, 6.45) is -10.2. The van der Waals surface area contributed by atoms with E-state index in [1.807, 2.05) is 118 Å². The van der Waals surface area contributed by atoms with Gasteiger partial charge < -0.3 is 9.13 Å². The first-order valence-electron chi connectivity index (χ1n) is 19.8. The molecule has 64 heavy (non-hydrogen) atoms. The van der Waals surface area contributed by atoms with E-state index in [0.717, 1.165) is 43.8 Å². The predicted molar refractivity (Wildman–Crippen MR) is 236 cm³/mol. The number of nitrogens with zero attached hydrogens (tertiary/aromatic N) is 5. The highest BCUT2D eigenvalue weighted by atomic mass is 19.4. The van der Waals surface area contributed by atoms with Crippen molar-refractivity contribution in [2.24, 2.45) is 0 Å². The van der Waals surface area contributed by atoms with E-state index in [1.54, 1.807) is 24.3 Å². The molecule has 11 heteroatoms. The number of hydrogen-bond acceptors (Lipinski definition) is 3. The zero-order chi connectivity index (χ0) is 44.5. The maximum absolute atomic E-state index is 14.5. The standard InChI is InChI=1S/C53H27F6N5/c54-52(55,56)39-21-37(22-40(27-39)53(57,58)59)38-25-50(63-46-7-3-1-5-41(46)43-19-17-35(23-48(43)63)33-13-9-31(28-60)10-14-33)45(30-62)51(26-38)64-47-8-4-2-6-42(47)44-20-18-36(24-49(44)64)34-15-11-32(29-61)12-16-34/h1-27H. The summed E-state index contributed by atoms with van der Waals surface area (Å²) in [5, 5.41) is 33.4. The summed E-state index contributed by atoms with van der Waals surface area (Å²) in [6.45, 7) is 0. The van der Waals surface area contributed by atoms with Crippen LogP contribution in [0.4, 0.5) is 26.3 Å². The van der Waals surface area contributed by atoms with E-state index in [4.69, 9.17) is 0 Å². The number of para-hydroxylation sites is 2. The molecule has 0 fully saturated rings. The van der Waals surface area contributed by atoms with E-state index in [2.05, 4.69) is 18.2 Å². The van der Waals surface area contributed by atoms with E-state index < -0.39 is 23.5 Å². The van der Waals surface area contributed by atoms with E-state index in [9.17, 15) is 42.1 Å². The van der Waals surface area contributed by atoms with Crippen LogP contribution in [0, 0.1) is 34.0 Å². The van der Waals surface area contributed by atoms with Crippen LogP contribution in [0.15, 0.2) is 164 Å². The zero-order valence-electron chi connectivity index (χ0n) is 33.1. The van der Waals surface area contributed by atoms with Crippen molar-refractivity contribution in [3.63, 3.8) is 0 Å². The van der Waals surface area contributed by atoms with Crippen LogP contribution in [-0.4, -0.2) is 9.13 Å². The first kappa shape index (κ1) is 39.5. The minimum atomic E-state index is -5.11. The van der Waals surface area contributed by atoms with Crippen molar-refractivity contribution in [2.45, 2.75) is 12.4 Å². The lowest BCUT2D eigenvalue weighted by molar-refractivity contribution is -0.143. The normalized spacial score (nSPS) is 11.9. The van der Waals surface area contributed by atoms with E-state index in [1.165, 1.54) is 12.1 Å². The molecule has 306 valence electrons. The molecular weight excluding hydrogens is 821 g/mol. The van der Waals surface area contributed by atoms with Crippen molar-refractivity contribution in [2.75, 3.05) is 0 Å². The minimum Gasteiger partial charge on any atom is -0.308 e. The molecular formula is C53H27F6N5. The molecule has 0 spiro atoms. The molecule has 0 amide bonds. The highest BCUT2D eigenvalue weighted by Crippen LogP contribution is 2.44. The molecule has 0 atom stereocenters. The average Bonchev–Trinajstić information content (AvgIpc) is 3.82. The van der Waals surface area contributed by atoms with Crippen molar-refractivity contribution in [3.8, 4) is 63.0 Å². The summed E-state index contributed by atoms with van der Waals surface area (Å²) in [4.78, 5) is 0. The number of benzene rings is 8. The summed E-state index contributed by atoms with van der Waals surface area (Å²) in [7, 11) is 0. The van der Waals surface area contributed by atoms with Crippen LogP contribution in [0.1, 0.15) is 27.8 Å². The Morgan fingerprint density at radius 3 is 1.11 bits per heavy atom. The highest BCUT2D eigenvalue weighted by Gasteiger charge is 2.37. The van der Waals surface area contributed by atoms with Gasteiger partial charge in [0.05, 0.1) is 67.8 Å². The van der Waals surface area contributed by atoms with Gasteiger partial charge in [-0.1, -0.05) is 84.9 Å². The first-order chi connectivity index (χ1) is 30.8. The lowest BCUT2D eigenvalue weighted by Crippen LogP contribution is -2.11. The van der Waals surface area contributed by atoms with Gasteiger partial charge in [0.2, 0.25) is 0 Å². The smallest absolute Gasteiger partial charge is 0.308 e. The lowest BCUT2D eigenvalue weighted by atomic mass is 9.96. The molecule has 0 bridgehead atoms. The van der Waals surface area contributed by atoms with E-state index in [-0.39, 0.29) is 34.1 Å². The second-order valence-electron chi connectivity index (χ2n) is 15.3. The number of hydrogen-bond donors (Lipinski definition) is 0. The molecule has 0 saturated carbocycles. The van der Waals surface area contributed by atoms with Gasteiger partial charge in [-0.3, -0.25) is 0 Å². The maximum Gasteiger partial charge on any atom is 0.416 e. The maximum atomic E-state index is 14.5. The lowest BCUT2D eigenvalue weighted by Gasteiger charge is -2.20. The highest BCUT2D eigenvalue weighted by molar-refractivity contribution is 6.12. The number of halogens is 6. The number of aromatic nitrogens is 2. The molecule has 10 aromatic rings. The SMILES string of the molecule is N#Cc1ccc(-c2ccc3c4ccccc4n(-c4cc(-c5cc(C(F)(F)F)cc(C(F)(F)F)c5)cc(-n5c6ccccc6c6ccc(-c7ccc(C#N)cc7)cc65)c4C#N)c3c2)cc1. The molecule has 0 aliphatic heterocycles. The van der Waals surface area contributed by atoms with Gasteiger partial charge in [-0.25, -0.2) is 0 Å². The second kappa shape index (κ2) is 14.8. The van der Waals surface area contributed by atoms with Gasteiger partial charge in [-0.05, 0) is 112 Å². The monoisotopic (exact) mass is 847 g/mol. The Hall–Kier alpha value is -8.59. The Bertz CT molecular complexity index is 3440. The first-order valence-corrected chi connectivity index (χ1v) is 19.8. The fraction of sp³-hybridized carbons (Fsp3) is 0.0377. The Morgan fingerprint density at radius 1 is 0.344 bits per heavy atom. The van der Waals surface area contributed by atoms with Crippen LogP contribution >= 0.6 is 0 Å². The Balaban J connectivity index is 1.34. The molecule has 8 aromatic carbocycles. The van der Waals surface area contributed by atoms with Crippen molar-refractivity contribution >= 4 is 43.6 Å². The molecule has 0 N–H and O–H groups in total. The van der Waals surface area contributed by atoms with Gasteiger partial charge in [0.25, 0.3) is 0 Å².